The zero-order valence-electron chi connectivity index (χ0n) is 44.0. The van der Waals surface area contributed by atoms with Gasteiger partial charge in [-0.3, -0.25) is 0 Å². The molecule has 9 aromatic rings. The standard InChI is InChI=1S/C69H67N3/c1-46-12-28-61(29-13-46)70(64-34-24-57(51(6)42-64)20-22-59-26-36-66(44-53(59)8)71(62-30-14-47(2)15-31-62)68-38-18-49(4)40-55(68)10)65-35-25-58(52(7)43-65)21-23-60-27-37-67(45-54(60)9)72(63-32-16-48(3)17-33-63)69-39-19-50(5)41-56(69)11/h12-45H,1-11H3. The quantitative estimate of drug-likeness (QED) is 0.107. The summed E-state index contributed by atoms with van der Waals surface area (Å²) in [5.74, 6) is 0. The molecule has 0 bridgehead atoms. The van der Waals surface area contributed by atoms with Crippen molar-refractivity contribution in [3.63, 3.8) is 0 Å². The highest BCUT2D eigenvalue weighted by atomic mass is 15.2. The summed E-state index contributed by atoms with van der Waals surface area (Å²) in [6.45, 7) is 24.0. The smallest absolute Gasteiger partial charge is 0.0490 e. The zero-order chi connectivity index (χ0) is 50.6. The Balaban J connectivity index is 0.968. The van der Waals surface area contributed by atoms with Crippen molar-refractivity contribution in [1.29, 1.82) is 0 Å². The zero-order valence-corrected chi connectivity index (χ0v) is 44.0. The Morgan fingerprint density at radius 3 is 0.708 bits per heavy atom. The molecule has 0 fully saturated rings. The van der Waals surface area contributed by atoms with Gasteiger partial charge in [-0.25, -0.2) is 0 Å². The van der Waals surface area contributed by atoms with Gasteiger partial charge in [0, 0.05) is 51.2 Å². The lowest BCUT2D eigenvalue weighted by atomic mass is 10.0. The lowest BCUT2D eigenvalue weighted by Crippen LogP contribution is -2.12. The van der Waals surface area contributed by atoms with Crippen LogP contribution in [-0.2, 0) is 0 Å². The molecule has 3 nitrogen and oxygen atoms in total. The fourth-order valence-electron chi connectivity index (χ4n) is 9.80. The van der Waals surface area contributed by atoms with Gasteiger partial charge in [-0.05, 0) is 229 Å². The van der Waals surface area contributed by atoms with E-state index in [1.54, 1.807) is 0 Å². The molecule has 0 saturated carbocycles. The molecule has 0 aromatic heterocycles. The van der Waals surface area contributed by atoms with E-state index in [0.717, 1.165) is 39.8 Å². The van der Waals surface area contributed by atoms with E-state index in [-0.39, 0.29) is 0 Å². The second-order valence-corrected chi connectivity index (χ2v) is 19.9. The van der Waals surface area contributed by atoms with Gasteiger partial charge < -0.3 is 14.7 Å². The molecular weight excluding hydrogens is 871 g/mol. The van der Waals surface area contributed by atoms with Crippen molar-refractivity contribution < 1.29 is 0 Å². The van der Waals surface area contributed by atoms with E-state index in [0.29, 0.717) is 0 Å². The van der Waals surface area contributed by atoms with Crippen LogP contribution in [0.4, 0.5) is 51.2 Å². The molecule has 0 saturated heterocycles. The Kier molecular flexibility index (Phi) is 14.3. The first-order valence-corrected chi connectivity index (χ1v) is 25.2. The van der Waals surface area contributed by atoms with Crippen LogP contribution in [0.25, 0.3) is 24.3 Å². The number of aryl methyl sites for hydroxylation is 11. The summed E-state index contributed by atoms with van der Waals surface area (Å²) < 4.78 is 0. The summed E-state index contributed by atoms with van der Waals surface area (Å²) in [7, 11) is 0. The van der Waals surface area contributed by atoms with Gasteiger partial charge in [0.05, 0.1) is 0 Å². The van der Waals surface area contributed by atoms with Gasteiger partial charge in [-0.1, -0.05) is 137 Å². The van der Waals surface area contributed by atoms with Gasteiger partial charge in [0.15, 0.2) is 0 Å². The van der Waals surface area contributed by atoms with E-state index in [2.05, 4.69) is 297 Å². The summed E-state index contributed by atoms with van der Waals surface area (Å²) in [5.41, 5.74) is 28.7. The molecule has 0 aliphatic rings. The lowest BCUT2D eigenvalue weighted by Gasteiger charge is -2.28. The van der Waals surface area contributed by atoms with E-state index in [1.807, 2.05) is 0 Å². The van der Waals surface area contributed by atoms with Crippen LogP contribution in [0.15, 0.2) is 182 Å². The summed E-state index contributed by atoms with van der Waals surface area (Å²) in [5, 5.41) is 0. The molecular formula is C69H67N3. The maximum Gasteiger partial charge on any atom is 0.0490 e. The van der Waals surface area contributed by atoms with Crippen LogP contribution in [0, 0.1) is 76.2 Å². The van der Waals surface area contributed by atoms with E-state index in [1.165, 1.54) is 94.8 Å². The van der Waals surface area contributed by atoms with E-state index in [9.17, 15) is 0 Å². The van der Waals surface area contributed by atoms with Crippen LogP contribution in [0.2, 0.25) is 0 Å². The predicted octanol–water partition coefficient (Wildman–Crippen LogP) is 19.8. The van der Waals surface area contributed by atoms with Crippen molar-refractivity contribution >= 4 is 75.5 Å². The van der Waals surface area contributed by atoms with Crippen LogP contribution < -0.4 is 14.7 Å². The van der Waals surface area contributed by atoms with Gasteiger partial charge in [0.25, 0.3) is 0 Å². The van der Waals surface area contributed by atoms with E-state index < -0.39 is 0 Å². The SMILES string of the molecule is Cc1ccc(N(c2ccc(C=Cc3ccc(N(c4ccc(C)cc4)c4ccc(C)cc4C)cc3C)c(C)c2)c2ccc(C=Cc3ccc(N(c4ccc(C)cc4)c4ccc(C)cc4C)cc3C)c(C)c2)cc1. The maximum atomic E-state index is 2.37. The second kappa shape index (κ2) is 21.1. The number of anilines is 9. The van der Waals surface area contributed by atoms with Crippen LogP contribution in [0.1, 0.15) is 83.5 Å². The predicted molar refractivity (Wildman–Crippen MR) is 313 cm³/mol. The van der Waals surface area contributed by atoms with Crippen molar-refractivity contribution in [2.45, 2.75) is 76.2 Å². The monoisotopic (exact) mass is 938 g/mol. The summed E-state index contributed by atoms with van der Waals surface area (Å²) >= 11 is 0. The summed E-state index contributed by atoms with van der Waals surface area (Å²) in [6, 6.07) is 67.1. The molecule has 0 aliphatic heterocycles. The fraction of sp³-hybridized carbons (Fsp3) is 0.159. The number of nitrogens with zero attached hydrogens (tertiary/aromatic N) is 3. The summed E-state index contributed by atoms with van der Waals surface area (Å²) in [4.78, 5) is 7.12. The first-order valence-electron chi connectivity index (χ1n) is 25.2. The maximum absolute atomic E-state index is 2.37. The molecule has 0 unspecified atom stereocenters. The normalized spacial score (nSPS) is 11.4. The average molecular weight is 938 g/mol. The van der Waals surface area contributed by atoms with Crippen molar-refractivity contribution in [1.82, 2.24) is 0 Å². The molecule has 72 heavy (non-hydrogen) atoms. The Labute approximate surface area is 429 Å². The van der Waals surface area contributed by atoms with Gasteiger partial charge >= 0.3 is 0 Å². The number of rotatable bonds is 13. The molecule has 0 radical (unpaired) electrons. The topological polar surface area (TPSA) is 9.72 Å². The third-order valence-electron chi connectivity index (χ3n) is 14.0. The van der Waals surface area contributed by atoms with Crippen molar-refractivity contribution in [3.05, 3.63) is 265 Å². The van der Waals surface area contributed by atoms with Crippen LogP contribution >= 0.6 is 0 Å². The Morgan fingerprint density at radius 1 is 0.208 bits per heavy atom. The van der Waals surface area contributed by atoms with Crippen LogP contribution in [-0.4, -0.2) is 0 Å². The van der Waals surface area contributed by atoms with E-state index in [4.69, 9.17) is 0 Å². The minimum Gasteiger partial charge on any atom is -0.310 e. The fourth-order valence-corrected chi connectivity index (χ4v) is 9.80. The summed E-state index contributed by atoms with van der Waals surface area (Å²) in [6.07, 6.45) is 9.02. The highest BCUT2D eigenvalue weighted by molar-refractivity contribution is 5.85. The van der Waals surface area contributed by atoms with Crippen molar-refractivity contribution in [3.8, 4) is 0 Å². The Hall–Kier alpha value is -8.14. The lowest BCUT2D eigenvalue weighted by molar-refractivity contribution is 1.23. The molecule has 9 rings (SSSR count). The Morgan fingerprint density at radius 2 is 0.444 bits per heavy atom. The first kappa shape index (κ1) is 48.9. The minimum absolute atomic E-state index is 1.12. The number of hydrogen-bond acceptors (Lipinski definition) is 3. The molecule has 0 amide bonds. The minimum atomic E-state index is 1.12. The molecule has 0 heterocycles. The number of hydrogen-bond donors (Lipinski definition) is 0. The highest BCUT2D eigenvalue weighted by Crippen LogP contribution is 2.41. The second-order valence-electron chi connectivity index (χ2n) is 19.9. The highest BCUT2D eigenvalue weighted by Gasteiger charge is 2.19. The average Bonchev–Trinajstić information content (AvgIpc) is 3.35. The molecule has 0 spiro atoms. The molecule has 0 N–H and O–H groups in total. The molecule has 0 atom stereocenters. The first-order chi connectivity index (χ1) is 34.7. The molecule has 358 valence electrons. The van der Waals surface area contributed by atoms with E-state index >= 15 is 0 Å². The molecule has 0 aliphatic carbocycles. The van der Waals surface area contributed by atoms with Gasteiger partial charge in [-0.15, -0.1) is 0 Å². The molecule has 9 aromatic carbocycles. The van der Waals surface area contributed by atoms with Crippen molar-refractivity contribution in [2.24, 2.45) is 0 Å². The van der Waals surface area contributed by atoms with Gasteiger partial charge in [0.1, 0.15) is 0 Å². The third-order valence-corrected chi connectivity index (χ3v) is 14.0. The Bertz CT molecular complexity index is 3250. The van der Waals surface area contributed by atoms with Gasteiger partial charge in [0.2, 0.25) is 0 Å². The van der Waals surface area contributed by atoms with Crippen molar-refractivity contribution in [2.75, 3.05) is 14.7 Å². The van der Waals surface area contributed by atoms with Gasteiger partial charge in [-0.2, -0.15) is 0 Å². The van der Waals surface area contributed by atoms with Crippen LogP contribution in [0.3, 0.4) is 0 Å². The third kappa shape index (κ3) is 10.8. The van der Waals surface area contributed by atoms with Crippen LogP contribution in [0.5, 0.6) is 0 Å². The molecule has 3 heteroatoms. The largest absolute Gasteiger partial charge is 0.310 e. The number of benzene rings is 9.